The summed E-state index contributed by atoms with van der Waals surface area (Å²) in [7, 11) is 1.91. The highest BCUT2D eigenvalue weighted by Gasteiger charge is 2.16. The van der Waals surface area contributed by atoms with Crippen molar-refractivity contribution in [3.05, 3.63) is 18.3 Å². The molecule has 1 aliphatic heterocycles. The molecule has 5 nitrogen and oxygen atoms in total. The van der Waals surface area contributed by atoms with Crippen LogP contribution in [0, 0.1) is 0 Å². The summed E-state index contributed by atoms with van der Waals surface area (Å²) in [5, 5.41) is 0. The summed E-state index contributed by atoms with van der Waals surface area (Å²) in [5.41, 5.74) is 2.56. The van der Waals surface area contributed by atoms with Crippen LogP contribution in [0.3, 0.4) is 0 Å². The predicted octanol–water partition coefficient (Wildman–Crippen LogP) is -0.880. The van der Waals surface area contributed by atoms with Crippen LogP contribution < -0.4 is 10.6 Å². The highest BCUT2D eigenvalue weighted by molar-refractivity contribution is 6.29. The first kappa shape index (κ1) is 10.5. The Labute approximate surface area is 100 Å². The number of hydrogen-bond donors (Lipinski definition) is 0. The lowest BCUT2D eigenvalue weighted by atomic mass is 10.1. The number of rotatable bonds is 1. The van der Waals surface area contributed by atoms with Gasteiger partial charge in [-0.3, -0.25) is 4.98 Å². The first-order chi connectivity index (χ1) is 8.34. The third-order valence-corrected chi connectivity index (χ3v) is 2.86. The van der Waals surface area contributed by atoms with Crippen LogP contribution in [-0.2, 0) is 4.74 Å². The van der Waals surface area contributed by atoms with Gasteiger partial charge in [-0.1, -0.05) is 0 Å². The predicted molar refractivity (Wildman–Crippen MR) is 68.5 cm³/mol. The van der Waals surface area contributed by atoms with Crippen LogP contribution in [-0.4, -0.2) is 49.1 Å². The molecule has 0 aliphatic carbocycles. The topological polar surface area (TPSA) is 51.1 Å². The fraction of sp³-hybridized carbons (Fsp3) is 0.364. The minimum atomic E-state index is 0.747. The molecule has 1 saturated heterocycles. The molecule has 0 N–H and O–H groups in total. The van der Waals surface area contributed by atoms with Gasteiger partial charge in [0.1, 0.15) is 5.52 Å². The number of ether oxygens (including phenoxy) is 1. The Morgan fingerprint density at radius 1 is 1.24 bits per heavy atom. The van der Waals surface area contributed by atoms with Gasteiger partial charge in [-0.25, -0.2) is 9.97 Å². The van der Waals surface area contributed by atoms with Crippen molar-refractivity contribution in [2.75, 3.05) is 31.2 Å². The van der Waals surface area contributed by atoms with E-state index in [0.29, 0.717) is 0 Å². The lowest BCUT2D eigenvalue weighted by Crippen LogP contribution is -2.38. The molecular weight excluding hydrogens is 215 g/mol. The maximum atomic E-state index is 5.36. The van der Waals surface area contributed by atoms with Gasteiger partial charge < -0.3 is 9.64 Å². The molecule has 0 unspecified atom stereocenters. The minimum absolute atomic E-state index is 0.747. The van der Waals surface area contributed by atoms with E-state index in [1.165, 1.54) is 0 Å². The van der Waals surface area contributed by atoms with E-state index in [1.807, 2.05) is 20.0 Å². The van der Waals surface area contributed by atoms with Crippen LogP contribution in [0.25, 0.3) is 11.0 Å². The molecule has 17 heavy (non-hydrogen) atoms. The Morgan fingerprint density at radius 2 is 2.06 bits per heavy atom. The van der Waals surface area contributed by atoms with E-state index in [9.17, 15) is 0 Å². The molecule has 0 aromatic carbocycles. The second kappa shape index (κ2) is 4.29. The number of hydrogen-bond acceptors (Lipinski definition) is 5. The lowest BCUT2D eigenvalue weighted by molar-refractivity contribution is 0.122. The van der Waals surface area contributed by atoms with Gasteiger partial charge in [0.2, 0.25) is 0 Å². The van der Waals surface area contributed by atoms with Crippen molar-refractivity contribution in [1.82, 2.24) is 15.0 Å². The van der Waals surface area contributed by atoms with Crippen LogP contribution in [0.5, 0.6) is 0 Å². The van der Waals surface area contributed by atoms with Crippen molar-refractivity contribution in [2.24, 2.45) is 0 Å². The highest BCUT2D eigenvalue weighted by Crippen LogP contribution is 2.20. The summed E-state index contributed by atoms with van der Waals surface area (Å²) in [6.07, 6.45) is 1.78. The van der Waals surface area contributed by atoms with Crippen molar-refractivity contribution >= 4 is 30.4 Å². The Kier molecular flexibility index (Phi) is 2.64. The van der Waals surface area contributed by atoms with Crippen molar-refractivity contribution < 1.29 is 4.74 Å². The molecule has 1 aliphatic rings. The first-order valence-corrected chi connectivity index (χ1v) is 5.76. The fourth-order valence-corrected chi connectivity index (χ4v) is 2.06. The first-order valence-electron chi connectivity index (χ1n) is 5.76. The molecule has 2 aromatic rings. The zero-order valence-electron chi connectivity index (χ0n) is 9.76. The smallest absolute Gasteiger partial charge is 0.189 e. The van der Waals surface area contributed by atoms with Crippen molar-refractivity contribution in [2.45, 2.75) is 0 Å². The van der Waals surface area contributed by atoms with E-state index in [4.69, 9.17) is 4.74 Å². The minimum Gasteiger partial charge on any atom is -0.378 e. The van der Waals surface area contributed by atoms with E-state index in [-0.39, 0.29) is 0 Å². The van der Waals surface area contributed by atoms with E-state index >= 15 is 0 Å². The van der Waals surface area contributed by atoms with Gasteiger partial charge in [-0.2, -0.15) is 0 Å². The second-order valence-corrected chi connectivity index (χ2v) is 4.06. The number of nitrogens with zero attached hydrogens (tertiary/aromatic N) is 4. The van der Waals surface area contributed by atoms with Crippen molar-refractivity contribution in [1.29, 1.82) is 0 Å². The largest absolute Gasteiger partial charge is 0.378 e. The van der Waals surface area contributed by atoms with Crippen LogP contribution in [0.1, 0.15) is 0 Å². The van der Waals surface area contributed by atoms with Gasteiger partial charge >= 0.3 is 0 Å². The quantitative estimate of drug-likeness (QED) is 0.593. The summed E-state index contributed by atoms with van der Waals surface area (Å²) in [6, 6.07) is 3.87. The van der Waals surface area contributed by atoms with Crippen molar-refractivity contribution in [3.63, 3.8) is 0 Å². The molecular formula is C11H13BN4O. The number of aromatic nitrogens is 3. The van der Waals surface area contributed by atoms with Crippen LogP contribution in [0.4, 0.5) is 5.82 Å². The van der Waals surface area contributed by atoms with Crippen LogP contribution in [0.2, 0.25) is 0 Å². The molecule has 2 aromatic heterocycles. The third-order valence-electron chi connectivity index (χ3n) is 2.86. The molecule has 3 rings (SSSR count). The van der Waals surface area contributed by atoms with E-state index < -0.39 is 0 Å². The maximum Gasteiger partial charge on any atom is 0.189 e. The lowest BCUT2D eigenvalue weighted by Gasteiger charge is -2.28. The van der Waals surface area contributed by atoms with Gasteiger partial charge in [0.25, 0.3) is 0 Å². The summed E-state index contributed by atoms with van der Waals surface area (Å²) in [6.45, 7) is 3.22. The van der Waals surface area contributed by atoms with Gasteiger partial charge in [0, 0.05) is 19.3 Å². The number of fused-ring (bicyclic) bond motifs is 1. The monoisotopic (exact) mass is 228 g/mol. The van der Waals surface area contributed by atoms with Crippen LogP contribution >= 0.6 is 0 Å². The highest BCUT2D eigenvalue weighted by atomic mass is 16.5. The molecule has 0 amide bonds. The second-order valence-electron chi connectivity index (χ2n) is 4.06. The molecule has 86 valence electrons. The molecule has 6 heteroatoms. The fourth-order valence-electron chi connectivity index (χ4n) is 2.06. The van der Waals surface area contributed by atoms with E-state index in [1.54, 1.807) is 6.20 Å². The molecule has 1 fully saturated rings. The normalized spacial score (nSPS) is 16.4. The molecule has 0 bridgehead atoms. The van der Waals surface area contributed by atoms with Crippen molar-refractivity contribution in [3.8, 4) is 0 Å². The summed E-state index contributed by atoms with van der Waals surface area (Å²) in [4.78, 5) is 15.5. The zero-order chi connectivity index (χ0) is 11.7. The molecule has 3 heterocycles. The zero-order valence-corrected chi connectivity index (χ0v) is 9.76. The maximum absolute atomic E-state index is 5.36. The number of morpholine rings is 1. The summed E-state index contributed by atoms with van der Waals surface area (Å²) >= 11 is 0. The molecule has 0 saturated carbocycles. The third kappa shape index (κ3) is 1.96. The Hall–Kier alpha value is -1.69. The van der Waals surface area contributed by atoms with E-state index in [0.717, 1.165) is 48.9 Å². The van der Waals surface area contributed by atoms with Gasteiger partial charge in [0.15, 0.2) is 13.7 Å². The van der Waals surface area contributed by atoms with Gasteiger partial charge in [-0.05, 0) is 12.1 Å². The SMILES string of the molecule is Bc1nc(N2CCOCC2)c2ncccc2n1. The molecule has 0 atom stereocenters. The average molecular weight is 228 g/mol. The van der Waals surface area contributed by atoms with Gasteiger partial charge in [-0.15, -0.1) is 0 Å². The number of anilines is 1. The average Bonchev–Trinajstić information content (AvgIpc) is 2.39. The Balaban J connectivity index is 2.13. The number of pyridine rings is 1. The Bertz CT molecular complexity index is 542. The van der Waals surface area contributed by atoms with E-state index in [2.05, 4.69) is 19.9 Å². The van der Waals surface area contributed by atoms with Gasteiger partial charge in [0.05, 0.1) is 24.5 Å². The molecule has 0 radical (unpaired) electrons. The molecule has 0 spiro atoms. The standard InChI is InChI=1S/C11H13BN4O/c12-11-14-8-2-1-3-13-9(8)10(15-11)16-4-6-17-7-5-16/h1-3H,4-7,12H2. The Morgan fingerprint density at radius 3 is 2.88 bits per heavy atom. The summed E-state index contributed by atoms with van der Waals surface area (Å²) in [5.74, 6) is 0.927. The summed E-state index contributed by atoms with van der Waals surface area (Å²) < 4.78 is 5.36. The van der Waals surface area contributed by atoms with Crippen LogP contribution in [0.15, 0.2) is 18.3 Å².